The van der Waals surface area contributed by atoms with Crippen LogP contribution in [0.1, 0.15) is 50.4 Å². The number of aromatic nitrogens is 2. The minimum atomic E-state index is -0.119. The Kier molecular flexibility index (Phi) is 9.55. The molecule has 3 aromatic carbocycles. The van der Waals surface area contributed by atoms with Gasteiger partial charge in [0.2, 0.25) is 0 Å². The van der Waals surface area contributed by atoms with Crippen LogP contribution in [0.2, 0.25) is 0 Å². The predicted molar refractivity (Wildman–Crippen MR) is 168 cm³/mol. The lowest BCUT2D eigenvalue weighted by Gasteiger charge is -2.33. The molecule has 0 atom stereocenters. The normalized spacial score (nSPS) is 14.0. The Bertz CT molecular complexity index is 1620. The minimum absolute atomic E-state index is 0.0341. The lowest BCUT2D eigenvalue weighted by atomic mass is 10.0. The highest BCUT2D eigenvalue weighted by Gasteiger charge is 2.21. The second-order valence-electron chi connectivity index (χ2n) is 10.0. The van der Waals surface area contributed by atoms with Crippen LogP contribution in [0.5, 0.6) is 5.75 Å². The lowest BCUT2D eigenvalue weighted by Crippen LogP contribution is -2.40. The van der Waals surface area contributed by atoms with E-state index in [9.17, 15) is 4.79 Å². The molecule has 4 aromatic rings. The molecular weight excluding hydrogens is 512 g/mol. The largest absolute Gasteiger partial charge is 0.490 e. The van der Waals surface area contributed by atoms with Gasteiger partial charge >= 0.3 is 0 Å². The summed E-state index contributed by atoms with van der Waals surface area (Å²) >= 11 is 0. The molecule has 3 N–H and O–H groups in total. The van der Waals surface area contributed by atoms with E-state index in [2.05, 4.69) is 20.9 Å². The Labute approximate surface area is 242 Å². The number of hydrogen-bond donors (Lipinski definition) is 2. The molecule has 0 bridgehead atoms. The smallest absolute Gasteiger partial charge is 0.272 e. The summed E-state index contributed by atoms with van der Waals surface area (Å²) in [6.45, 7) is 10.0. The van der Waals surface area contributed by atoms with Crippen molar-refractivity contribution in [2.75, 3.05) is 20.1 Å². The van der Waals surface area contributed by atoms with Crippen molar-refractivity contribution in [3.8, 4) is 16.9 Å². The molecule has 1 aliphatic rings. The van der Waals surface area contributed by atoms with Crippen LogP contribution in [-0.2, 0) is 6.54 Å². The summed E-state index contributed by atoms with van der Waals surface area (Å²) in [5.74, 6) is 1.84. The van der Waals surface area contributed by atoms with Crippen LogP contribution < -0.4 is 16.0 Å². The molecule has 1 aliphatic heterocycles. The van der Waals surface area contributed by atoms with E-state index in [1.54, 1.807) is 11.5 Å². The highest BCUT2D eigenvalue weighted by atomic mass is 16.5. The van der Waals surface area contributed by atoms with E-state index < -0.39 is 0 Å². The molecular formula is C33H40N6O2. The molecule has 0 radical (unpaired) electrons. The molecule has 0 spiro atoms. The van der Waals surface area contributed by atoms with Gasteiger partial charge in [-0.25, -0.2) is 4.98 Å². The van der Waals surface area contributed by atoms with Crippen molar-refractivity contribution in [2.45, 2.75) is 53.2 Å². The third-order valence-corrected chi connectivity index (χ3v) is 7.38. The first-order chi connectivity index (χ1) is 19.8. The van der Waals surface area contributed by atoms with Gasteiger partial charge in [-0.2, -0.15) is 0 Å². The Morgan fingerprint density at radius 1 is 1.05 bits per heavy atom. The second-order valence-corrected chi connectivity index (χ2v) is 10.0. The average Bonchev–Trinajstić information content (AvgIpc) is 3.01. The van der Waals surface area contributed by atoms with E-state index in [-0.39, 0.29) is 17.5 Å². The number of rotatable bonds is 6. The van der Waals surface area contributed by atoms with Crippen molar-refractivity contribution in [1.82, 2.24) is 14.5 Å². The number of nitrogens with zero attached hydrogens (tertiary/aromatic N) is 4. The Balaban J connectivity index is 0.00000189. The van der Waals surface area contributed by atoms with Crippen LogP contribution in [0.15, 0.2) is 76.5 Å². The van der Waals surface area contributed by atoms with Crippen molar-refractivity contribution in [1.29, 1.82) is 5.41 Å². The van der Waals surface area contributed by atoms with Gasteiger partial charge in [0.15, 0.2) is 0 Å². The standard InChI is InChI=1S/C31H34N6O2.C2H6/c1-20-31(38)37(19-22-6-4-7-23(16-22)24-8-5-9-25(17-24)30(32)33)29-18-27(10-11-28(29)35-20)39-26-12-14-36(15-13-26)21(2)34-3;1-2/h4-11,16-18,26H,12-15,19H2,1-3H3,(H3,32,33);1-2H3. The molecule has 41 heavy (non-hydrogen) atoms. The van der Waals surface area contributed by atoms with Gasteiger partial charge in [0.1, 0.15) is 23.4 Å². The summed E-state index contributed by atoms with van der Waals surface area (Å²) in [4.78, 5) is 24.4. The average molecular weight is 553 g/mol. The zero-order valence-corrected chi connectivity index (χ0v) is 24.6. The van der Waals surface area contributed by atoms with E-state index in [1.807, 2.05) is 88.5 Å². The van der Waals surface area contributed by atoms with Crippen LogP contribution in [0.25, 0.3) is 22.2 Å². The third kappa shape index (κ3) is 6.82. The molecule has 0 aliphatic carbocycles. The highest BCUT2D eigenvalue weighted by molar-refractivity contribution is 5.96. The van der Waals surface area contributed by atoms with Crippen LogP contribution >= 0.6 is 0 Å². The van der Waals surface area contributed by atoms with Gasteiger partial charge in [-0.05, 0) is 54.8 Å². The highest BCUT2D eigenvalue weighted by Crippen LogP contribution is 2.25. The van der Waals surface area contributed by atoms with E-state index in [0.29, 0.717) is 17.8 Å². The summed E-state index contributed by atoms with van der Waals surface area (Å²) in [6, 6.07) is 21.5. The van der Waals surface area contributed by atoms with Gasteiger partial charge in [-0.15, -0.1) is 0 Å². The number of likely N-dealkylation sites (tertiary alicyclic amines) is 1. The number of nitrogens with two attached hydrogens (primary N) is 1. The number of aliphatic imine (C=N–C) groups is 1. The van der Waals surface area contributed by atoms with Crippen LogP contribution in [0, 0.1) is 12.3 Å². The number of nitrogens with one attached hydrogen (secondary N) is 1. The molecule has 1 aromatic heterocycles. The number of fused-ring (bicyclic) bond motifs is 1. The molecule has 0 saturated carbocycles. The first-order valence-electron chi connectivity index (χ1n) is 14.2. The molecule has 5 rings (SSSR count). The van der Waals surface area contributed by atoms with Gasteiger partial charge in [0.05, 0.1) is 23.4 Å². The molecule has 0 amide bonds. The van der Waals surface area contributed by atoms with E-state index in [4.69, 9.17) is 15.9 Å². The first-order valence-corrected chi connectivity index (χ1v) is 14.2. The van der Waals surface area contributed by atoms with Gasteiger partial charge in [0, 0.05) is 44.6 Å². The fourth-order valence-electron chi connectivity index (χ4n) is 5.11. The lowest BCUT2D eigenvalue weighted by molar-refractivity contribution is 0.131. The summed E-state index contributed by atoms with van der Waals surface area (Å²) in [5, 5.41) is 7.75. The van der Waals surface area contributed by atoms with E-state index in [1.165, 1.54) is 0 Å². The quantitative estimate of drug-likeness (QED) is 0.238. The Hall–Kier alpha value is -4.46. The number of ether oxygens (including phenoxy) is 1. The molecule has 1 saturated heterocycles. The van der Waals surface area contributed by atoms with Gasteiger partial charge in [0.25, 0.3) is 5.56 Å². The van der Waals surface area contributed by atoms with E-state index in [0.717, 1.165) is 65.2 Å². The first kappa shape index (κ1) is 29.5. The van der Waals surface area contributed by atoms with E-state index >= 15 is 0 Å². The van der Waals surface area contributed by atoms with Gasteiger partial charge in [-0.1, -0.05) is 50.2 Å². The number of nitrogen functional groups attached to an aromatic ring is 1. The summed E-state index contributed by atoms with van der Waals surface area (Å²) in [5.41, 5.74) is 11.2. The zero-order chi connectivity index (χ0) is 29.5. The van der Waals surface area contributed by atoms with Crippen LogP contribution in [0.4, 0.5) is 0 Å². The third-order valence-electron chi connectivity index (χ3n) is 7.38. The molecule has 8 heteroatoms. The summed E-state index contributed by atoms with van der Waals surface area (Å²) in [7, 11) is 1.82. The zero-order valence-electron chi connectivity index (χ0n) is 24.6. The number of aryl methyl sites for hydroxylation is 1. The second kappa shape index (κ2) is 13.3. The SMILES string of the molecule is CC.CN=C(C)N1CCC(Oc2ccc3nc(C)c(=O)n(Cc4cccc(-c5cccc(C(=N)N)c5)c4)c3c2)CC1. The predicted octanol–water partition coefficient (Wildman–Crippen LogP) is 5.62. The Morgan fingerprint density at radius 3 is 2.41 bits per heavy atom. The van der Waals surface area contributed by atoms with Crippen molar-refractivity contribution >= 4 is 22.7 Å². The molecule has 214 valence electrons. The number of amidine groups is 2. The van der Waals surface area contributed by atoms with Crippen LogP contribution in [-0.4, -0.2) is 52.4 Å². The van der Waals surface area contributed by atoms with Crippen molar-refractivity contribution in [3.63, 3.8) is 0 Å². The topological polar surface area (TPSA) is 110 Å². The number of benzene rings is 3. The van der Waals surface area contributed by atoms with Gasteiger partial charge < -0.3 is 19.9 Å². The maximum absolute atomic E-state index is 13.3. The maximum Gasteiger partial charge on any atom is 0.272 e. The van der Waals surface area contributed by atoms with Crippen molar-refractivity contribution in [3.05, 3.63) is 93.9 Å². The minimum Gasteiger partial charge on any atom is -0.490 e. The summed E-state index contributed by atoms with van der Waals surface area (Å²) in [6.07, 6.45) is 1.95. The monoisotopic (exact) mass is 552 g/mol. The molecule has 0 unspecified atom stereocenters. The molecule has 2 heterocycles. The van der Waals surface area contributed by atoms with Gasteiger partial charge in [-0.3, -0.25) is 15.2 Å². The van der Waals surface area contributed by atoms with Crippen molar-refractivity contribution in [2.24, 2.45) is 10.7 Å². The number of hydrogen-bond acceptors (Lipinski definition) is 5. The molecule has 8 nitrogen and oxygen atoms in total. The fourth-order valence-corrected chi connectivity index (χ4v) is 5.11. The maximum atomic E-state index is 13.3. The van der Waals surface area contributed by atoms with Crippen molar-refractivity contribution < 1.29 is 4.74 Å². The Morgan fingerprint density at radius 2 is 1.73 bits per heavy atom. The number of piperidine rings is 1. The van der Waals surface area contributed by atoms with Crippen LogP contribution in [0.3, 0.4) is 0 Å². The summed E-state index contributed by atoms with van der Waals surface area (Å²) < 4.78 is 8.15. The fraction of sp³-hybridized carbons (Fsp3) is 0.333. The molecule has 1 fully saturated rings.